The number of rotatable bonds is 5. The van der Waals surface area contributed by atoms with E-state index in [4.69, 9.17) is 9.47 Å². The van der Waals surface area contributed by atoms with Gasteiger partial charge in [0.05, 0.1) is 31.3 Å². The van der Waals surface area contributed by atoms with Crippen molar-refractivity contribution in [1.29, 1.82) is 0 Å². The molecule has 0 aromatic heterocycles. The average Bonchev–Trinajstić information content (AvgIpc) is 3.04. The first-order valence-corrected chi connectivity index (χ1v) is 9.16. The van der Waals surface area contributed by atoms with Gasteiger partial charge in [0.25, 0.3) is 0 Å². The summed E-state index contributed by atoms with van der Waals surface area (Å²) in [6, 6.07) is 16.2. The Hall–Kier alpha value is -2.92. The molecule has 0 unspecified atom stereocenters. The molecular weight excluding hydrogens is 338 g/mol. The molecule has 5 nitrogen and oxygen atoms in total. The van der Waals surface area contributed by atoms with Crippen molar-refractivity contribution in [1.82, 2.24) is 10.3 Å². The van der Waals surface area contributed by atoms with E-state index >= 15 is 0 Å². The third-order valence-corrected chi connectivity index (χ3v) is 5.19. The highest BCUT2D eigenvalue weighted by molar-refractivity contribution is 5.62. The Morgan fingerprint density at radius 3 is 2.74 bits per heavy atom. The first-order valence-electron chi connectivity index (χ1n) is 9.16. The zero-order valence-electron chi connectivity index (χ0n) is 15.9. The summed E-state index contributed by atoms with van der Waals surface area (Å²) in [6.07, 6.45) is 0.983. The van der Waals surface area contributed by atoms with Crippen LogP contribution in [0.1, 0.15) is 12.0 Å². The van der Waals surface area contributed by atoms with Gasteiger partial charge in [-0.25, -0.2) is 0 Å². The molecule has 0 saturated carbocycles. The Bertz CT molecular complexity index is 891. The van der Waals surface area contributed by atoms with Crippen LogP contribution in [-0.4, -0.2) is 32.2 Å². The number of hydrogen-bond acceptors (Lipinski definition) is 5. The number of ether oxygens (including phenoxy) is 2. The van der Waals surface area contributed by atoms with Crippen LogP contribution in [0.25, 0.3) is 0 Å². The van der Waals surface area contributed by atoms with E-state index < -0.39 is 0 Å². The van der Waals surface area contributed by atoms with Gasteiger partial charge >= 0.3 is 0 Å². The molecule has 2 aromatic rings. The minimum atomic E-state index is 0.838. The summed E-state index contributed by atoms with van der Waals surface area (Å²) in [5.41, 5.74) is 9.35. The molecule has 4 rings (SSSR count). The standard InChI is InChI=1S/C22H25N3O2/c1-16-20-11-12-24(14-17-7-4-5-10-22(17)27-3)15-21(20)23-25(16)18-8-6-9-19(13-18)26-2/h4-10,13,23H,1,11-12,14-15H2,2-3H3. The summed E-state index contributed by atoms with van der Waals surface area (Å²) < 4.78 is 10.9. The molecule has 2 aliphatic heterocycles. The number of para-hydroxylation sites is 1. The van der Waals surface area contributed by atoms with Gasteiger partial charge in [-0.15, -0.1) is 0 Å². The highest BCUT2D eigenvalue weighted by atomic mass is 16.5. The van der Waals surface area contributed by atoms with Gasteiger partial charge in [0, 0.05) is 36.8 Å². The molecule has 5 heteroatoms. The Balaban J connectivity index is 1.49. The summed E-state index contributed by atoms with van der Waals surface area (Å²) >= 11 is 0. The Morgan fingerprint density at radius 1 is 1.07 bits per heavy atom. The molecule has 0 spiro atoms. The number of anilines is 1. The molecule has 0 radical (unpaired) electrons. The van der Waals surface area contributed by atoms with Crippen LogP contribution in [0.4, 0.5) is 5.69 Å². The van der Waals surface area contributed by atoms with Crippen molar-refractivity contribution in [3.63, 3.8) is 0 Å². The zero-order valence-corrected chi connectivity index (χ0v) is 15.9. The monoisotopic (exact) mass is 363 g/mol. The molecule has 0 fully saturated rings. The summed E-state index contributed by atoms with van der Waals surface area (Å²) in [7, 11) is 3.41. The van der Waals surface area contributed by atoms with Crippen LogP contribution in [-0.2, 0) is 6.54 Å². The SMILES string of the molecule is C=C1C2=C(CN(Cc3ccccc3OC)CC2)NN1c1cccc(OC)c1. The first kappa shape index (κ1) is 17.5. The van der Waals surface area contributed by atoms with E-state index in [0.717, 1.165) is 48.9 Å². The minimum absolute atomic E-state index is 0.838. The first-order chi connectivity index (χ1) is 13.2. The van der Waals surface area contributed by atoms with Gasteiger partial charge in [-0.2, -0.15) is 0 Å². The normalized spacial score (nSPS) is 17.0. The maximum absolute atomic E-state index is 5.50. The predicted octanol–water partition coefficient (Wildman–Crippen LogP) is 3.70. The number of hydrazine groups is 1. The lowest BCUT2D eigenvalue weighted by Crippen LogP contribution is -2.36. The largest absolute Gasteiger partial charge is 0.497 e. The van der Waals surface area contributed by atoms with Gasteiger partial charge < -0.3 is 9.47 Å². The molecule has 0 atom stereocenters. The molecule has 0 saturated heterocycles. The van der Waals surface area contributed by atoms with E-state index in [1.165, 1.54) is 16.8 Å². The van der Waals surface area contributed by atoms with Gasteiger partial charge in [-0.3, -0.25) is 15.3 Å². The fraction of sp³-hybridized carbons (Fsp3) is 0.273. The third-order valence-electron chi connectivity index (χ3n) is 5.19. The lowest BCUT2D eigenvalue weighted by atomic mass is 10.0. The van der Waals surface area contributed by atoms with Crippen molar-refractivity contribution in [2.24, 2.45) is 0 Å². The van der Waals surface area contributed by atoms with Crippen molar-refractivity contribution >= 4 is 5.69 Å². The summed E-state index contributed by atoms with van der Waals surface area (Å²) in [4.78, 5) is 2.44. The minimum Gasteiger partial charge on any atom is -0.497 e. The molecule has 0 bridgehead atoms. The van der Waals surface area contributed by atoms with Crippen molar-refractivity contribution < 1.29 is 9.47 Å². The second-order valence-corrected chi connectivity index (χ2v) is 6.82. The van der Waals surface area contributed by atoms with Gasteiger partial charge in [0.1, 0.15) is 11.5 Å². The Labute approximate surface area is 160 Å². The second kappa shape index (κ2) is 7.37. The van der Waals surface area contributed by atoms with Crippen LogP contribution in [0.3, 0.4) is 0 Å². The second-order valence-electron chi connectivity index (χ2n) is 6.82. The maximum atomic E-state index is 5.50. The van der Waals surface area contributed by atoms with Crippen LogP contribution >= 0.6 is 0 Å². The van der Waals surface area contributed by atoms with Crippen molar-refractivity contribution in [3.8, 4) is 11.5 Å². The number of methoxy groups -OCH3 is 2. The van der Waals surface area contributed by atoms with E-state index in [0.29, 0.717) is 0 Å². The molecular formula is C22H25N3O2. The van der Waals surface area contributed by atoms with Gasteiger partial charge in [-0.05, 0) is 24.6 Å². The molecule has 2 heterocycles. The highest BCUT2D eigenvalue weighted by Gasteiger charge is 2.30. The summed E-state index contributed by atoms with van der Waals surface area (Å²) in [5.74, 6) is 1.78. The van der Waals surface area contributed by atoms with Crippen LogP contribution in [0.2, 0.25) is 0 Å². The molecule has 2 aliphatic rings. The number of allylic oxidation sites excluding steroid dienone is 1. The van der Waals surface area contributed by atoms with E-state index in [2.05, 4.69) is 40.1 Å². The predicted molar refractivity (Wildman–Crippen MR) is 108 cm³/mol. The van der Waals surface area contributed by atoms with E-state index in [1.54, 1.807) is 14.2 Å². The molecule has 0 amide bonds. The lowest BCUT2D eigenvalue weighted by Gasteiger charge is -2.28. The smallest absolute Gasteiger partial charge is 0.123 e. The van der Waals surface area contributed by atoms with E-state index in [1.807, 2.05) is 30.3 Å². The fourth-order valence-corrected chi connectivity index (χ4v) is 3.76. The van der Waals surface area contributed by atoms with Gasteiger partial charge in [-0.1, -0.05) is 30.8 Å². The summed E-state index contributed by atoms with van der Waals surface area (Å²) in [6.45, 7) is 7.06. The van der Waals surface area contributed by atoms with E-state index in [9.17, 15) is 0 Å². The topological polar surface area (TPSA) is 37.0 Å². The highest BCUT2D eigenvalue weighted by Crippen LogP contribution is 2.35. The number of benzene rings is 2. The van der Waals surface area contributed by atoms with Crippen LogP contribution in [0, 0.1) is 0 Å². The summed E-state index contributed by atoms with van der Waals surface area (Å²) in [5, 5.41) is 2.06. The number of nitrogens with one attached hydrogen (secondary N) is 1. The van der Waals surface area contributed by atoms with Gasteiger partial charge in [0.2, 0.25) is 0 Å². The van der Waals surface area contributed by atoms with Crippen molar-refractivity contribution in [2.75, 3.05) is 32.3 Å². The molecule has 140 valence electrons. The Kier molecular flexibility index (Phi) is 4.77. The van der Waals surface area contributed by atoms with Gasteiger partial charge in [0.15, 0.2) is 0 Å². The molecule has 1 N–H and O–H groups in total. The Morgan fingerprint density at radius 2 is 1.93 bits per heavy atom. The third kappa shape index (κ3) is 3.38. The molecule has 27 heavy (non-hydrogen) atoms. The zero-order chi connectivity index (χ0) is 18.8. The molecule has 2 aromatic carbocycles. The average molecular weight is 363 g/mol. The lowest BCUT2D eigenvalue weighted by molar-refractivity contribution is 0.270. The van der Waals surface area contributed by atoms with Crippen LogP contribution in [0.5, 0.6) is 11.5 Å². The maximum Gasteiger partial charge on any atom is 0.123 e. The van der Waals surface area contributed by atoms with Crippen molar-refractivity contribution in [3.05, 3.63) is 77.6 Å². The quantitative estimate of drug-likeness (QED) is 0.877. The van der Waals surface area contributed by atoms with Crippen LogP contribution < -0.4 is 19.9 Å². The van der Waals surface area contributed by atoms with Crippen LogP contribution in [0.15, 0.2) is 72.1 Å². The molecule has 0 aliphatic carbocycles. The number of nitrogens with zero attached hydrogens (tertiary/aromatic N) is 2. The fourth-order valence-electron chi connectivity index (χ4n) is 3.76. The number of hydrogen-bond donors (Lipinski definition) is 1. The van der Waals surface area contributed by atoms with E-state index in [-0.39, 0.29) is 0 Å². The van der Waals surface area contributed by atoms with Crippen molar-refractivity contribution in [2.45, 2.75) is 13.0 Å².